The van der Waals surface area contributed by atoms with Crippen molar-refractivity contribution < 1.29 is 0 Å². The zero-order valence-corrected chi connectivity index (χ0v) is 10.3. The number of hydrogen-bond acceptors (Lipinski definition) is 3. The molecule has 2 rings (SSSR count). The predicted octanol–water partition coefficient (Wildman–Crippen LogP) is 0.378. The van der Waals surface area contributed by atoms with Crippen molar-refractivity contribution in [1.29, 1.82) is 0 Å². The van der Waals surface area contributed by atoms with E-state index >= 15 is 0 Å². The van der Waals surface area contributed by atoms with E-state index in [0.717, 1.165) is 25.2 Å². The van der Waals surface area contributed by atoms with Crippen molar-refractivity contribution in [3.8, 4) is 12.3 Å². The molecule has 2 saturated heterocycles. The molecule has 90 valence electrons. The third-order valence-electron chi connectivity index (χ3n) is 4.06. The highest BCUT2D eigenvalue weighted by molar-refractivity contribution is 4.91. The standard InChI is InChI=1S/C13H23N3/c1-3-7-14-8-10-16-9-6-12-4-5-13(11-16)15(12)2/h1,12-14H,4-11H2,2H3. The number of nitrogens with one attached hydrogen (secondary N) is 1. The van der Waals surface area contributed by atoms with Gasteiger partial charge in [-0.2, -0.15) is 0 Å². The molecule has 0 aliphatic carbocycles. The molecule has 1 N–H and O–H groups in total. The number of terminal acetylenes is 1. The molecule has 0 aromatic heterocycles. The molecule has 2 aliphatic rings. The summed E-state index contributed by atoms with van der Waals surface area (Å²) in [6.45, 7) is 5.35. The number of rotatable bonds is 4. The summed E-state index contributed by atoms with van der Waals surface area (Å²) in [4.78, 5) is 5.18. The first-order valence-corrected chi connectivity index (χ1v) is 6.39. The van der Waals surface area contributed by atoms with E-state index in [9.17, 15) is 0 Å². The molecule has 2 heterocycles. The van der Waals surface area contributed by atoms with Gasteiger partial charge in [0.1, 0.15) is 0 Å². The Labute approximate surface area is 99.2 Å². The topological polar surface area (TPSA) is 18.5 Å². The summed E-state index contributed by atoms with van der Waals surface area (Å²) in [5.74, 6) is 2.61. The van der Waals surface area contributed by atoms with Gasteiger partial charge < -0.3 is 10.2 Å². The number of likely N-dealkylation sites (N-methyl/N-ethyl adjacent to an activating group) is 1. The van der Waals surface area contributed by atoms with Crippen molar-refractivity contribution in [2.75, 3.05) is 39.8 Å². The fourth-order valence-corrected chi connectivity index (χ4v) is 2.98. The lowest BCUT2D eigenvalue weighted by Gasteiger charge is -2.25. The van der Waals surface area contributed by atoms with E-state index in [2.05, 4.69) is 28.1 Å². The maximum absolute atomic E-state index is 5.21. The molecule has 0 spiro atoms. The van der Waals surface area contributed by atoms with Crippen LogP contribution in [0.15, 0.2) is 0 Å². The Bertz CT molecular complexity index is 258. The Morgan fingerprint density at radius 2 is 2.12 bits per heavy atom. The van der Waals surface area contributed by atoms with Gasteiger partial charge >= 0.3 is 0 Å². The van der Waals surface area contributed by atoms with E-state index in [0.29, 0.717) is 6.54 Å². The molecule has 0 aromatic rings. The molecule has 3 nitrogen and oxygen atoms in total. The maximum Gasteiger partial charge on any atom is 0.0574 e. The van der Waals surface area contributed by atoms with Gasteiger partial charge in [-0.05, 0) is 32.9 Å². The summed E-state index contributed by atoms with van der Waals surface area (Å²) in [5.41, 5.74) is 0. The van der Waals surface area contributed by atoms with Gasteiger partial charge in [-0.15, -0.1) is 6.42 Å². The van der Waals surface area contributed by atoms with Crippen molar-refractivity contribution in [1.82, 2.24) is 15.1 Å². The fraction of sp³-hybridized carbons (Fsp3) is 0.846. The van der Waals surface area contributed by atoms with Crippen LogP contribution < -0.4 is 5.32 Å². The maximum atomic E-state index is 5.21. The SMILES string of the molecule is C#CCNCCN1CCC2CCC(C1)N2C. The van der Waals surface area contributed by atoms with Crippen molar-refractivity contribution in [3.05, 3.63) is 0 Å². The number of hydrogen-bond donors (Lipinski definition) is 1. The molecule has 2 bridgehead atoms. The molecule has 2 unspecified atom stereocenters. The first kappa shape index (κ1) is 11.9. The van der Waals surface area contributed by atoms with Crippen LogP contribution in [0.4, 0.5) is 0 Å². The van der Waals surface area contributed by atoms with Crippen molar-refractivity contribution in [3.63, 3.8) is 0 Å². The van der Waals surface area contributed by atoms with Gasteiger partial charge in [0.15, 0.2) is 0 Å². The van der Waals surface area contributed by atoms with Gasteiger partial charge in [0.05, 0.1) is 6.54 Å². The highest BCUT2D eigenvalue weighted by atomic mass is 15.3. The molecule has 0 radical (unpaired) electrons. The van der Waals surface area contributed by atoms with Gasteiger partial charge in [-0.25, -0.2) is 0 Å². The van der Waals surface area contributed by atoms with Crippen LogP contribution in [0.25, 0.3) is 0 Å². The molecule has 2 atom stereocenters. The average Bonchev–Trinajstić information content (AvgIpc) is 2.51. The normalized spacial score (nSPS) is 31.2. The first-order valence-electron chi connectivity index (χ1n) is 6.39. The Morgan fingerprint density at radius 1 is 1.31 bits per heavy atom. The first-order chi connectivity index (χ1) is 7.81. The van der Waals surface area contributed by atoms with Gasteiger partial charge in [0.2, 0.25) is 0 Å². The predicted molar refractivity (Wildman–Crippen MR) is 67.3 cm³/mol. The summed E-state index contributed by atoms with van der Waals surface area (Å²) in [7, 11) is 2.29. The summed E-state index contributed by atoms with van der Waals surface area (Å²) < 4.78 is 0. The molecule has 0 aromatic carbocycles. The Balaban J connectivity index is 1.74. The summed E-state index contributed by atoms with van der Waals surface area (Å²) in [6, 6.07) is 1.63. The van der Waals surface area contributed by atoms with Gasteiger partial charge in [0, 0.05) is 31.7 Å². The monoisotopic (exact) mass is 221 g/mol. The van der Waals surface area contributed by atoms with Crippen LogP contribution in [-0.2, 0) is 0 Å². The van der Waals surface area contributed by atoms with E-state index in [1.807, 2.05) is 0 Å². The van der Waals surface area contributed by atoms with Gasteiger partial charge in [-0.1, -0.05) is 5.92 Å². The van der Waals surface area contributed by atoms with E-state index in [1.165, 1.54) is 32.4 Å². The van der Waals surface area contributed by atoms with Crippen LogP contribution in [-0.4, -0.2) is 61.7 Å². The minimum absolute atomic E-state index is 0.694. The second kappa shape index (κ2) is 5.67. The van der Waals surface area contributed by atoms with Crippen LogP contribution in [0.3, 0.4) is 0 Å². The fourth-order valence-electron chi connectivity index (χ4n) is 2.98. The van der Waals surface area contributed by atoms with Gasteiger partial charge in [-0.3, -0.25) is 4.90 Å². The number of fused-ring (bicyclic) bond motifs is 2. The largest absolute Gasteiger partial charge is 0.305 e. The van der Waals surface area contributed by atoms with Crippen LogP contribution in [0.2, 0.25) is 0 Å². The third-order valence-corrected chi connectivity index (χ3v) is 4.06. The molecule has 0 saturated carbocycles. The zero-order chi connectivity index (χ0) is 11.4. The van der Waals surface area contributed by atoms with E-state index in [4.69, 9.17) is 6.42 Å². The molecule has 16 heavy (non-hydrogen) atoms. The lowest BCUT2D eigenvalue weighted by Crippen LogP contribution is -2.39. The minimum Gasteiger partial charge on any atom is -0.305 e. The van der Waals surface area contributed by atoms with Gasteiger partial charge in [0.25, 0.3) is 0 Å². The van der Waals surface area contributed by atoms with Crippen molar-refractivity contribution in [2.24, 2.45) is 0 Å². The molecule has 0 amide bonds. The molecule has 3 heteroatoms. The Kier molecular flexibility index (Phi) is 4.22. The summed E-state index contributed by atoms with van der Waals surface area (Å²) in [5, 5.41) is 3.27. The van der Waals surface area contributed by atoms with Crippen LogP contribution in [0, 0.1) is 12.3 Å². The Hall–Kier alpha value is -0.560. The lowest BCUT2D eigenvalue weighted by atomic mass is 10.1. The van der Waals surface area contributed by atoms with Crippen molar-refractivity contribution >= 4 is 0 Å². The number of likely N-dealkylation sites (tertiary alicyclic amines) is 1. The van der Waals surface area contributed by atoms with Crippen molar-refractivity contribution in [2.45, 2.75) is 31.3 Å². The highest BCUT2D eigenvalue weighted by Crippen LogP contribution is 2.28. The summed E-state index contributed by atoms with van der Waals surface area (Å²) in [6.07, 6.45) is 9.33. The molecule has 2 fully saturated rings. The second-order valence-electron chi connectivity index (χ2n) is 5.02. The number of nitrogens with zero attached hydrogens (tertiary/aromatic N) is 2. The Morgan fingerprint density at radius 3 is 2.94 bits per heavy atom. The highest BCUT2D eigenvalue weighted by Gasteiger charge is 2.34. The minimum atomic E-state index is 0.694. The van der Waals surface area contributed by atoms with Crippen LogP contribution >= 0.6 is 0 Å². The smallest absolute Gasteiger partial charge is 0.0574 e. The van der Waals surface area contributed by atoms with E-state index in [-0.39, 0.29) is 0 Å². The van der Waals surface area contributed by atoms with E-state index in [1.54, 1.807) is 0 Å². The average molecular weight is 221 g/mol. The zero-order valence-electron chi connectivity index (χ0n) is 10.3. The second-order valence-corrected chi connectivity index (χ2v) is 5.02. The lowest BCUT2D eigenvalue weighted by molar-refractivity contribution is 0.220. The molecular weight excluding hydrogens is 198 g/mol. The summed E-state index contributed by atoms with van der Waals surface area (Å²) >= 11 is 0. The van der Waals surface area contributed by atoms with E-state index < -0.39 is 0 Å². The third kappa shape index (κ3) is 2.76. The molecule has 2 aliphatic heterocycles. The quantitative estimate of drug-likeness (QED) is 0.547. The van der Waals surface area contributed by atoms with Crippen LogP contribution in [0.1, 0.15) is 19.3 Å². The van der Waals surface area contributed by atoms with Crippen LogP contribution in [0.5, 0.6) is 0 Å². The molecular formula is C13H23N3.